The monoisotopic (exact) mass is 519 g/mol. The average Bonchev–Trinajstić information content (AvgIpc) is 2.80. The standard InChI is InChI=1S/C26H25ClF3N3O3/c1-25(2,26(28,29)30)21(34)13-7-15-6-12-20(27)19(14-15)23-31-22(32-24(35)33-23)16-8-10-18(11-9-16)36-17-4-3-5-17/h6,8-12,14,17H,3-5,7,13H2,1-2H3,(H,31,32,33,35). The maximum absolute atomic E-state index is 13.2. The van der Waals surface area contributed by atoms with Gasteiger partial charge in [0.25, 0.3) is 0 Å². The fraction of sp³-hybridized carbons (Fsp3) is 0.385. The fourth-order valence-corrected chi connectivity index (χ4v) is 3.85. The van der Waals surface area contributed by atoms with Crippen molar-refractivity contribution in [3.05, 3.63) is 63.5 Å². The third kappa shape index (κ3) is 5.61. The number of benzene rings is 2. The lowest BCUT2D eigenvalue weighted by atomic mass is 9.84. The minimum Gasteiger partial charge on any atom is -0.490 e. The van der Waals surface area contributed by atoms with Gasteiger partial charge >= 0.3 is 11.9 Å². The first-order valence-electron chi connectivity index (χ1n) is 11.6. The van der Waals surface area contributed by atoms with Gasteiger partial charge in [-0.2, -0.15) is 18.2 Å². The molecule has 0 aliphatic heterocycles. The molecule has 2 aromatic carbocycles. The second-order valence-electron chi connectivity index (χ2n) is 9.38. The van der Waals surface area contributed by atoms with Gasteiger partial charge in [-0.15, -0.1) is 0 Å². The smallest absolute Gasteiger partial charge is 0.400 e. The molecule has 0 saturated heterocycles. The minimum atomic E-state index is -4.63. The average molecular weight is 520 g/mol. The van der Waals surface area contributed by atoms with Crippen molar-refractivity contribution in [3.8, 4) is 28.5 Å². The number of hydrogen-bond acceptors (Lipinski definition) is 5. The molecule has 4 rings (SSSR count). The number of aromatic nitrogens is 3. The molecule has 3 aromatic rings. The quantitative estimate of drug-likeness (QED) is 0.384. The summed E-state index contributed by atoms with van der Waals surface area (Å²) in [5, 5.41) is 0.283. The van der Waals surface area contributed by atoms with Gasteiger partial charge in [-0.3, -0.25) is 9.78 Å². The van der Waals surface area contributed by atoms with Gasteiger partial charge in [0.15, 0.2) is 5.82 Å². The van der Waals surface area contributed by atoms with Crippen LogP contribution in [0.5, 0.6) is 5.75 Å². The van der Waals surface area contributed by atoms with Crippen LogP contribution in [0.1, 0.15) is 45.1 Å². The van der Waals surface area contributed by atoms with Crippen LogP contribution in [-0.2, 0) is 11.2 Å². The summed E-state index contributed by atoms with van der Waals surface area (Å²) in [6, 6.07) is 11.9. The van der Waals surface area contributed by atoms with Gasteiger partial charge < -0.3 is 4.74 Å². The van der Waals surface area contributed by atoms with E-state index >= 15 is 0 Å². The highest BCUT2D eigenvalue weighted by Gasteiger charge is 2.51. The highest BCUT2D eigenvalue weighted by atomic mass is 35.5. The van der Waals surface area contributed by atoms with E-state index in [2.05, 4.69) is 15.0 Å². The lowest BCUT2D eigenvalue weighted by molar-refractivity contribution is -0.210. The number of aryl methyl sites for hydroxylation is 1. The first-order chi connectivity index (χ1) is 16.9. The van der Waals surface area contributed by atoms with E-state index in [4.69, 9.17) is 16.3 Å². The molecule has 0 spiro atoms. The molecule has 0 atom stereocenters. The number of ketones is 1. The Morgan fingerprint density at radius 2 is 1.81 bits per heavy atom. The molecule has 190 valence electrons. The number of aromatic amines is 1. The Labute approximate surface area is 210 Å². The molecule has 1 N–H and O–H groups in total. The van der Waals surface area contributed by atoms with E-state index < -0.39 is 23.1 Å². The van der Waals surface area contributed by atoms with Gasteiger partial charge in [-0.05, 0) is 81.5 Å². The van der Waals surface area contributed by atoms with Crippen molar-refractivity contribution in [2.24, 2.45) is 5.41 Å². The Hall–Kier alpha value is -3.20. The van der Waals surface area contributed by atoms with Crippen LogP contribution in [0.2, 0.25) is 5.02 Å². The summed E-state index contributed by atoms with van der Waals surface area (Å²) in [7, 11) is 0. The summed E-state index contributed by atoms with van der Waals surface area (Å²) in [5.41, 5.74) is -1.50. The molecule has 1 heterocycles. The van der Waals surface area contributed by atoms with E-state index in [1.807, 2.05) is 0 Å². The summed E-state index contributed by atoms with van der Waals surface area (Å²) in [6.45, 7) is 1.75. The molecule has 0 amide bonds. The van der Waals surface area contributed by atoms with Gasteiger partial charge in [0, 0.05) is 17.5 Å². The van der Waals surface area contributed by atoms with E-state index in [1.165, 1.54) is 0 Å². The number of nitrogens with one attached hydrogen (secondary N) is 1. The number of alkyl halides is 3. The number of halogens is 4. The highest BCUT2D eigenvalue weighted by Crippen LogP contribution is 2.39. The molecule has 1 saturated carbocycles. The van der Waals surface area contributed by atoms with E-state index in [1.54, 1.807) is 42.5 Å². The van der Waals surface area contributed by atoms with Gasteiger partial charge in [0.1, 0.15) is 22.8 Å². The van der Waals surface area contributed by atoms with Crippen molar-refractivity contribution >= 4 is 17.4 Å². The van der Waals surface area contributed by atoms with Gasteiger partial charge in [-0.25, -0.2) is 9.78 Å². The molecular formula is C26H25ClF3N3O3. The Morgan fingerprint density at radius 1 is 1.11 bits per heavy atom. The predicted molar refractivity (Wildman–Crippen MR) is 130 cm³/mol. The molecule has 36 heavy (non-hydrogen) atoms. The third-order valence-electron chi connectivity index (χ3n) is 6.45. The van der Waals surface area contributed by atoms with E-state index in [0.717, 1.165) is 38.9 Å². The Morgan fingerprint density at radius 3 is 2.42 bits per heavy atom. The number of rotatable bonds is 8. The molecule has 0 unspecified atom stereocenters. The number of H-pyrrole nitrogens is 1. The number of hydrogen-bond donors (Lipinski definition) is 1. The molecule has 0 bridgehead atoms. The lowest BCUT2D eigenvalue weighted by Crippen LogP contribution is -2.39. The summed E-state index contributed by atoms with van der Waals surface area (Å²) in [6.07, 6.45) is -1.37. The molecule has 1 fully saturated rings. The van der Waals surface area contributed by atoms with Crippen LogP contribution in [0.3, 0.4) is 0 Å². The largest absolute Gasteiger partial charge is 0.490 e. The predicted octanol–water partition coefficient (Wildman–Crippen LogP) is 6.17. The first-order valence-corrected chi connectivity index (χ1v) is 12.0. The SMILES string of the molecule is CC(C)(C(=O)CCc1ccc(Cl)c(-c2nc(-c3ccc(OC4CCC4)cc3)nc(=O)[nH]2)c1)C(F)(F)F. The molecule has 6 nitrogen and oxygen atoms in total. The second kappa shape index (κ2) is 10.0. The number of nitrogens with zero attached hydrogens (tertiary/aromatic N) is 2. The van der Waals surface area contributed by atoms with Crippen LogP contribution >= 0.6 is 11.6 Å². The van der Waals surface area contributed by atoms with Crippen molar-refractivity contribution in [3.63, 3.8) is 0 Å². The molecule has 1 aliphatic carbocycles. The topological polar surface area (TPSA) is 84.9 Å². The zero-order valence-corrected chi connectivity index (χ0v) is 20.5. The summed E-state index contributed by atoms with van der Waals surface area (Å²) >= 11 is 6.35. The van der Waals surface area contributed by atoms with Crippen LogP contribution in [0.25, 0.3) is 22.8 Å². The van der Waals surface area contributed by atoms with Gasteiger partial charge in [0.2, 0.25) is 0 Å². The van der Waals surface area contributed by atoms with Crippen LogP contribution in [0, 0.1) is 5.41 Å². The molecular weight excluding hydrogens is 495 g/mol. The third-order valence-corrected chi connectivity index (χ3v) is 6.78. The Kier molecular flexibility index (Phi) is 7.22. The number of carbonyl (C=O) groups is 1. The van der Waals surface area contributed by atoms with Crippen molar-refractivity contribution in [1.29, 1.82) is 0 Å². The maximum atomic E-state index is 13.2. The summed E-state index contributed by atoms with van der Waals surface area (Å²) in [4.78, 5) is 35.5. The zero-order valence-electron chi connectivity index (χ0n) is 19.8. The normalized spacial score (nSPS) is 14.4. The molecule has 0 radical (unpaired) electrons. The highest BCUT2D eigenvalue weighted by molar-refractivity contribution is 6.33. The molecule has 1 aromatic heterocycles. The lowest BCUT2D eigenvalue weighted by Gasteiger charge is -2.26. The van der Waals surface area contributed by atoms with Crippen molar-refractivity contribution in [1.82, 2.24) is 15.0 Å². The van der Waals surface area contributed by atoms with E-state index in [9.17, 15) is 22.8 Å². The maximum Gasteiger partial charge on any atom is 0.400 e. The zero-order chi connectivity index (χ0) is 26.1. The summed E-state index contributed by atoms with van der Waals surface area (Å²) < 4.78 is 45.4. The van der Waals surface area contributed by atoms with Crippen LogP contribution < -0.4 is 10.4 Å². The summed E-state index contributed by atoms with van der Waals surface area (Å²) in [5.74, 6) is 0.169. The number of Topliss-reactive ketones (excluding diaryl/α,β-unsaturated/α-hetero) is 1. The van der Waals surface area contributed by atoms with Crippen LogP contribution in [0.4, 0.5) is 13.2 Å². The van der Waals surface area contributed by atoms with Crippen LogP contribution in [-0.4, -0.2) is 33.0 Å². The number of carbonyl (C=O) groups excluding carboxylic acids is 1. The van der Waals surface area contributed by atoms with Crippen molar-refractivity contribution in [2.45, 2.75) is 58.2 Å². The van der Waals surface area contributed by atoms with Crippen LogP contribution in [0.15, 0.2) is 47.3 Å². The minimum absolute atomic E-state index is 0.0765. The Bertz CT molecular complexity index is 1320. The van der Waals surface area contributed by atoms with Crippen molar-refractivity contribution < 1.29 is 22.7 Å². The molecule has 1 aliphatic rings. The van der Waals surface area contributed by atoms with E-state index in [0.29, 0.717) is 16.7 Å². The fourth-order valence-electron chi connectivity index (χ4n) is 3.64. The van der Waals surface area contributed by atoms with E-state index in [-0.39, 0.29) is 35.6 Å². The van der Waals surface area contributed by atoms with Gasteiger partial charge in [-0.1, -0.05) is 17.7 Å². The Balaban J connectivity index is 1.55. The molecule has 10 heteroatoms. The second-order valence-corrected chi connectivity index (χ2v) is 9.79. The first kappa shape index (κ1) is 25.9. The number of ether oxygens (including phenoxy) is 1. The van der Waals surface area contributed by atoms with Gasteiger partial charge in [0.05, 0.1) is 11.1 Å². The van der Waals surface area contributed by atoms with Crippen molar-refractivity contribution in [2.75, 3.05) is 0 Å².